The van der Waals surface area contributed by atoms with Crippen LogP contribution in [0.25, 0.3) is 0 Å². The van der Waals surface area contributed by atoms with Crippen molar-refractivity contribution in [1.82, 2.24) is 3.38 Å². The number of alkyl halides is 6. The number of hydrogen-bond donors (Lipinski definition) is 0. The first-order valence-corrected chi connectivity index (χ1v) is 15.0. The Balaban J connectivity index is 2.69. The highest BCUT2D eigenvalue weighted by Crippen LogP contribution is 2.67. The maximum Gasteiger partial charge on any atom is 0.512 e. The lowest BCUT2D eigenvalue weighted by Crippen LogP contribution is -2.67. The molecule has 3 aliphatic rings. The van der Waals surface area contributed by atoms with Crippen LogP contribution in [0.5, 0.6) is 0 Å². The highest BCUT2D eigenvalue weighted by molar-refractivity contribution is 8.06. The first kappa shape index (κ1) is 25.9. The maximum atomic E-state index is 13.3. The van der Waals surface area contributed by atoms with Crippen LogP contribution >= 0.6 is 0 Å². The molecular weight excluding hydrogens is 480 g/mol. The zero-order chi connectivity index (χ0) is 23.7. The van der Waals surface area contributed by atoms with Crippen molar-refractivity contribution in [2.45, 2.75) is 56.3 Å². The topological polar surface area (TPSA) is 80.8 Å². The monoisotopic (exact) mass is 505 g/mol. The summed E-state index contributed by atoms with van der Waals surface area (Å²) >= 11 is 0. The van der Waals surface area contributed by atoms with Gasteiger partial charge >= 0.3 is 31.1 Å². The Kier molecular flexibility index (Phi) is 6.31. The predicted molar refractivity (Wildman–Crippen MR) is 98.4 cm³/mol. The van der Waals surface area contributed by atoms with Crippen LogP contribution < -0.4 is 0 Å². The van der Waals surface area contributed by atoms with Gasteiger partial charge in [0.05, 0.1) is 0 Å². The molecule has 0 spiro atoms. The molecule has 2 bridgehead atoms. The smallest absolute Gasteiger partial charge is 0.384 e. The second-order valence-electron chi connectivity index (χ2n) is 9.07. The Morgan fingerprint density at radius 3 is 1.73 bits per heavy atom. The van der Waals surface area contributed by atoms with Crippen molar-refractivity contribution in [3.63, 3.8) is 0 Å². The molecule has 0 aliphatic heterocycles. The van der Waals surface area contributed by atoms with E-state index in [4.69, 9.17) is 4.74 Å². The Bertz CT molecular complexity index is 840. The van der Waals surface area contributed by atoms with Crippen LogP contribution in [-0.4, -0.2) is 53.2 Å². The van der Waals surface area contributed by atoms with E-state index in [0.29, 0.717) is 6.42 Å². The van der Waals surface area contributed by atoms with E-state index in [1.54, 1.807) is 0 Å². The van der Waals surface area contributed by atoms with Crippen LogP contribution in [0, 0.1) is 23.2 Å². The van der Waals surface area contributed by atoms with Crippen LogP contribution in [0.3, 0.4) is 0 Å². The van der Waals surface area contributed by atoms with E-state index in [1.807, 2.05) is 13.8 Å². The third kappa shape index (κ3) is 3.71. The molecule has 0 aromatic carbocycles. The van der Waals surface area contributed by atoms with Crippen LogP contribution in [-0.2, 0) is 24.8 Å². The minimum atomic E-state index is -6.81. The Labute approximate surface area is 173 Å². The fourth-order valence-corrected chi connectivity index (χ4v) is 16.1. The Morgan fingerprint density at radius 2 is 1.40 bits per heavy atom. The molecule has 0 N–H and O–H groups in total. The molecule has 0 radical (unpaired) electrons. The van der Waals surface area contributed by atoms with Crippen molar-refractivity contribution in [3.05, 3.63) is 0 Å². The van der Waals surface area contributed by atoms with Gasteiger partial charge in [-0.05, 0) is 41.6 Å². The molecule has 15 heteroatoms. The van der Waals surface area contributed by atoms with E-state index in [2.05, 4.69) is 0 Å². The number of methoxy groups -OCH3 is 1. The predicted octanol–water partition coefficient (Wildman–Crippen LogP) is 3.89. The highest BCUT2D eigenvalue weighted by Gasteiger charge is 2.70. The number of hydrogen-bond acceptors (Lipinski definition) is 5. The van der Waals surface area contributed by atoms with Crippen molar-refractivity contribution in [3.8, 4) is 0 Å². The second-order valence-corrected chi connectivity index (χ2v) is 18.0. The zero-order valence-corrected chi connectivity index (χ0v) is 19.6. The minimum absolute atomic E-state index is 0.0200. The SMILES string of the molecule is COC[C@H]1[C@@H]2C[C@H](C[C@@H]1[Si](C)(C)N(S(=O)(=O)C(F)(F)F)S(=O)(=O)C(F)(F)F)C2(C)C. The number of sulfonamides is 2. The molecule has 3 aliphatic carbocycles. The van der Waals surface area contributed by atoms with Gasteiger partial charge in [0, 0.05) is 13.7 Å². The van der Waals surface area contributed by atoms with Gasteiger partial charge in [0.25, 0.3) is 0 Å². The lowest BCUT2D eigenvalue weighted by Gasteiger charge is -2.65. The second kappa shape index (κ2) is 7.32. The normalized spacial score (nSPS) is 30.3. The minimum Gasteiger partial charge on any atom is -0.384 e. The molecule has 0 saturated heterocycles. The number of halogens is 6. The summed E-state index contributed by atoms with van der Waals surface area (Å²) in [4.78, 5) is 0. The summed E-state index contributed by atoms with van der Waals surface area (Å²) in [5.41, 5.74) is -13.6. The lowest BCUT2D eigenvalue weighted by molar-refractivity contribution is -0.121. The summed E-state index contributed by atoms with van der Waals surface area (Å²) in [5.74, 6) is -0.751. The van der Waals surface area contributed by atoms with Crippen molar-refractivity contribution in [2.75, 3.05) is 13.7 Å². The summed E-state index contributed by atoms with van der Waals surface area (Å²) in [7, 11) is -16.8. The van der Waals surface area contributed by atoms with E-state index < -0.39 is 54.1 Å². The van der Waals surface area contributed by atoms with Crippen molar-refractivity contribution in [1.29, 1.82) is 0 Å². The average Bonchev–Trinajstić information content (AvgIpc) is 2.51. The lowest BCUT2D eigenvalue weighted by atomic mass is 9.45. The summed E-state index contributed by atoms with van der Waals surface area (Å²) in [6, 6.07) is 0. The first-order chi connectivity index (χ1) is 13.1. The van der Waals surface area contributed by atoms with Gasteiger partial charge < -0.3 is 4.74 Å². The van der Waals surface area contributed by atoms with Crippen molar-refractivity contribution in [2.24, 2.45) is 23.2 Å². The molecule has 4 atom stereocenters. The Hall–Kier alpha value is -0.383. The summed E-state index contributed by atoms with van der Waals surface area (Å²) in [6.45, 7) is 5.70. The molecule has 6 nitrogen and oxygen atoms in total. The molecule has 30 heavy (non-hydrogen) atoms. The van der Waals surface area contributed by atoms with Crippen LogP contribution in [0.15, 0.2) is 0 Å². The largest absolute Gasteiger partial charge is 0.512 e. The summed E-state index contributed by atoms with van der Waals surface area (Å²) in [5, 5.41) is 0. The van der Waals surface area contributed by atoms with Gasteiger partial charge in [-0.15, -0.1) is 3.38 Å². The molecule has 178 valence electrons. The van der Waals surface area contributed by atoms with E-state index in [9.17, 15) is 43.2 Å². The molecule has 0 aromatic rings. The molecule has 0 amide bonds. The summed E-state index contributed by atoms with van der Waals surface area (Å²) < 4.78 is 132. The van der Waals surface area contributed by atoms with Gasteiger partial charge in [-0.1, -0.05) is 26.9 Å². The average molecular weight is 506 g/mol. The molecule has 3 fully saturated rings. The standard InChI is InChI=1S/C15H25F6NO5S2Si/c1-13(2)9-6-11(13)10(8-27-3)12(7-9)30(4,5)22(28(23,24)14(16,17)18)29(25,26)15(19,20)21/h9-12H,6-8H2,1-5H3/t9-,10+,11+,12+/m1/s1. The van der Waals surface area contributed by atoms with E-state index >= 15 is 0 Å². The third-order valence-corrected chi connectivity index (χ3v) is 17.8. The molecule has 0 unspecified atom stereocenters. The fraction of sp³-hybridized carbons (Fsp3) is 1.00. The number of fused-ring (bicyclic) bond motifs is 2. The Morgan fingerprint density at radius 1 is 0.967 bits per heavy atom. The number of ether oxygens (including phenoxy) is 1. The number of nitrogens with zero attached hydrogens (tertiary/aromatic N) is 1. The van der Waals surface area contributed by atoms with Crippen LogP contribution in [0.2, 0.25) is 18.6 Å². The van der Waals surface area contributed by atoms with E-state index in [-0.39, 0.29) is 30.3 Å². The molecule has 0 aromatic heterocycles. The third-order valence-electron chi connectivity index (χ3n) is 6.88. The van der Waals surface area contributed by atoms with E-state index in [1.165, 1.54) is 7.11 Å². The molecule has 3 rings (SSSR count). The highest BCUT2D eigenvalue weighted by atomic mass is 32.3. The van der Waals surface area contributed by atoms with Gasteiger partial charge in [-0.3, -0.25) is 0 Å². The molecular formula is C15H25F6NO5S2Si. The molecule has 0 heterocycles. The van der Waals surface area contributed by atoms with Gasteiger partial charge in [0.15, 0.2) is 8.24 Å². The zero-order valence-electron chi connectivity index (χ0n) is 17.0. The maximum absolute atomic E-state index is 13.3. The van der Waals surface area contributed by atoms with Gasteiger partial charge in [-0.25, -0.2) is 16.8 Å². The fourth-order valence-electron chi connectivity index (χ4n) is 5.25. The van der Waals surface area contributed by atoms with E-state index in [0.717, 1.165) is 13.1 Å². The molecule has 3 saturated carbocycles. The van der Waals surface area contributed by atoms with Crippen molar-refractivity contribution >= 4 is 28.3 Å². The first-order valence-electron chi connectivity index (χ1n) is 9.07. The number of rotatable bonds is 6. The van der Waals surface area contributed by atoms with Gasteiger partial charge in [-0.2, -0.15) is 26.3 Å². The van der Waals surface area contributed by atoms with Gasteiger partial charge in [0.1, 0.15) is 0 Å². The van der Waals surface area contributed by atoms with Crippen LogP contribution in [0.4, 0.5) is 26.3 Å². The van der Waals surface area contributed by atoms with Crippen LogP contribution in [0.1, 0.15) is 26.7 Å². The summed E-state index contributed by atoms with van der Waals surface area (Å²) in [6.07, 6.45) is 0.814. The van der Waals surface area contributed by atoms with Gasteiger partial charge in [0.2, 0.25) is 0 Å². The van der Waals surface area contributed by atoms with Crippen molar-refractivity contribution < 1.29 is 47.9 Å². The quantitative estimate of drug-likeness (QED) is 0.404.